The molecule has 1 aliphatic carbocycles. The quantitative estimate of drug-likeness (QED) is 0.810. The Hall–Kier alpha value is -1.71. The smallest absolute Gasteiger partial charge is 0.255 e. The molecule has 4 nitrogen and oxygen atoms in total. The highest BCUT2D eigenvalue weighted by atomic mass is 16.5. The Bertz CT molecular complexity index is 399. The lowest BCUT2D eigenvalue weighted by Crippen LogP contribution is -2.25. The van der Waals surface area contributed by atoms with Gasteiger partial charge in [-0.3, -0.25) is 4.79 Å². The molecule has 1 saturated carbocycles. The van der Waals surface area contributed by atoms with Crippen LogP contribution in [0.4, 0.5) is 0 Å². The molecule has 0 aromatic heterocycles. The first-order valence-electron chi connectivity index (χ1n) is 5.36. The van der Waals surface area contributed by atoms with Gasteiger partial charge in [-0.25, -0.2) is 0 Å². The molecule has 4 heteroatoms. The van der Waals surface area contributed by atoms with Crippen molar-refractivity contribution >= 4 is 5.91 Å². The van der Waals surface area contributed by atoms with Gasteiger partial charge in [0.1, 0.15) is 0 Å². The van der Waals surface area contributed by atoms with Crippen molar-refractivity contribution in [3.05, 3.63) is 23.8 Å². The molecule has 0 spiro atoms. The Morgan fingerprint density at radius 3 is 2.94 bits per heavy atom. The van der Waals surface area contributed by atoms with Crippen LogP contribution >= 0.6 is 0 Å². The number of benzene rings is 1. The maximum atomic E-state index is 11.7. The lowest BCUT2D eigenvalue weighted by atomic mass is 10.1. The maximum Gasteiger partial charge on any atom is 0.255 e. The lowest BCUT2D eigenvalue weighted by Gasteiger charge is -2.08. The third-order valence-corrected chi connectivity index (χ3v) is 2.71. The summed E-state index contributed by atoms with van der Waals surface area (Å²) >= 11 is 0. The fourth-order valence-electron chi connectivity index (χ4n) is 1.52. The van der Waals surface area contributed by atoms with Crippen LogP contribution in [0.2, 0.25) is 0 Å². The number of hydrogen-bond acceptors (Lipinski definition) is 3. The van der Waals surface area contributed by atoms with Crippen molar-refractivity contribution in [2.45, 2.75) is 12.8 Å². The number of para-hydroxylation sites is 1. The van der Waals surface area contributed by atoms with Gasteiger partial charge in [0.15, 0.2) is 11.5 Å². The van der Waals surface area contributed by atoms with Gasteiger partial charge in [-0.2, -0.15) is 0 Å². The molecule has 1 aromatic rings. The number of hydrogen-bond donors (Lipinski definition) is 2. The SMILES string of the molecule is COc1cccc(C(=O)NCC2CC2)c1O. The second-order valence-electron chi connectivity index (χ2n) is 4.01. The van der Waals surface area contributed by atoms with Crippen molar-refractivity contribution in [2.75, 3.05) is 13.7 Å². The summed E-state index contributed by atoms with van der Waals surface area (Å²) in [7, 11) is 1.46. The Morgan fingerprint density at radius 1 is 1.56 bits per heavy atom. The van der Waals surface area contributed by atoms with E-state index >= 15 is 0 Å². The van der Waals surface area contributed by atoms with Crippen molar-refractivity contribution in [1.82, 2.24) is 5.32 Å². The zero-order valence-electron chi connectivity index (χ0n) is 9.19. The van der Waals surface area contributed by atoms with Gasteiger partial charge in [-0.05, 0) is 30.9 Å². The van der Waals surface area contributed by atoms with E-state index in [4.69, 9.17) is 4.74 Å². The number of ether oxygens (including phenoxy) is 1. The summed E-state index contributed by atoms with van der Waals surface area (Å²) in [4.78, 5) is 11.7. The minimum atomic E-state index is -0.247. The Labute approximate surface area is 94.2 Å². The topological polar surface area (TPSA) is 58.6 Å². The molecule has 86 valence electrons. The van der Waals surface area contributed by atoms with Crippen molar-refractivity contribution in [2.24, 2.45) is 5.92 Å². The Balaban J connectivity index is 2.08. The third kappa shape index (κ3) is 2.27. The summed E-state index contributed by atoms with van der Waals surface area (Å²) in [6.45, 7) is 0.690. The van der Waals surface area contributed by atoms with E-state index in [0.717, 1.165) is 0 Å². The Kier molecular flexibility index (Phi) is 2.99. The van der Waals surface area contributed by atoms with Crippen LogP contribution in [0.25, 0.3) is 0 Å². The monoisotopic (exact) mass is 221 g/mol. The lowest BCUT2D eigenvalue weighted by molar-refractivity contribution is 0.0948. The molecule has 2 N–H and O–H groups in total. The van der Waals surface area contributed by atoms with E-state index in [2.05, 4.69) is 5.32 Å². The molecule has 16 heavy (non-hydrogen) atoms. The maximum absolute atomic E-state index is 11.7. The molecule has 1 aromatic carbocycles. The molecule has 2 rings (SSSR count). The number of phenols is 1. The molecule has 0 radical (unpaired) electrons. The number of methoxy groups -OCH3 is 1. The molecule has 0 saturated heterocycles. The van der Waals surface area contributed by atoms with Gasteiger partial charge >= 0.3 is 0 Å². The number of carbonyl (C=O) groups is 1. The average molecular weight is 221 g/mol. The molecule has 0 unspecified atom stereocenters. The van der Waals surface area contributed by atoms with E-state index in [9.17, 15) is 9.90 Å². The van der Waals surface area contributed by atoms with E-state index in [0.29, 0.717) is 18.2 Å². The summed E-state index contributed by atoms with van der Waals surface area (Å²) in [6.07, 6.45) is 2.37. The molecule has 1 aliphatic rings. The number of rotatable bonds is 4. The van der Waals surface area contributed by atoms with Gasteiger partial charge in [-0.1, -0.05) is 6.07 Å². The predicted octanol–water partition coefficient (Wildman–Crippen LogP) is 1.54. The van der Waals surface area contributed by atoms with E-state index in [1.807, 2.05) is 0 Å². The summed E-state index contributed by atoms with van der Waals surface area (Å²) in [5.41, 5.74) is 0.264. The number of amides is 1. The van der Waals surface area contributed by atoms with Crippen molar-refractivity contribution in [3.8, 4) is 11.5 Å². The first-order valence-corrected chi connectivity index (χ1v) is 5.36. The highest BCUT2D eigenvalue weighted by Crippen LogP contribution is 2.30. The van der Waals surface area contributed by atoms with E-state index in [1.54, 1.807) is 18.2 Å². The van der Waals surface area contributed by atoms with Crippen LogP contribution in [-0.2, 0) is 0 Å². The Morgan fingerprint density at radius 2 is 2.31 bits per heavy atom. The molecule has 0 heterocycles. The molecule has 1 fully saturated rings. The normalized spacial score (nSPS) is 14.6. The van der Waals surface area contributed by atoms with Gasteiger partial charge in [0.25, 0.3) is 5.91 Å². The van der Waals surface area contributed by atoms with Crippen LogP contribution in [0.3, 0.4) is 0 Å². The third-order valence-electron chi connectivity index (χ3n) is 2.71. The minimum Gasteiger partial charge on any atom is -0.504 e. The van der Waals surface area contributed by atoms with Crippen molar-refractivity contribution < 1.29 is 14.6 Å². The molecule has 1 amide bonds. The van der Waals surface area contributed by atoms with Gasteiger partial charge < -0.3 is 15.2 Å². The summed E-state index contributed by atoms with van der Waals surface area (Å²) < 4.78 is 4.94. The molecule has 0 bridgehead atoms. The van der Waals surface area contributed by atoms with Crippen molar-refractivity contribution in [3.63, 3.8) is 0 Å². The highest BCUT2D eigenvalue weighted by Gasteiger charge is 2.22. The molecular weight excluding hydrogens is 206 g/mol. The standard InChI is InChI=1S/C12H15NO3/c1-16-10-4-2-3-9(11(10)14)12(15)13-7-8-5-6-8/h2-4,8,14H,5-7H2,1H3,(H,13,15). The summed E-state index contributed by atoms with van der Waals surface area (Å²) in [5.74, 6) is 0.595. The van der Waals surface area contributed by atoms with Gasteiger partial charge in [0, 0.05) is 6.54 Å². The number of aromatic hydroxyl groups is 1. The van der Waals surface area contributed by atoms with Crippen LogP contribution in [0.1, 0.15) is 23.2 Å². The second kappa shape index (κ2) is 4.43. The zero-order valence-corrected chi connectivity index (χ0v) is 9.19. The van der Waals surface area contributed by atoms with Gasteiger partial charge in [0.2, 0.25) is 0 Å². The zero-order chi connectivity index (χ0) is 11.5. The van der Waals surface area contributed by atoms with E-state index in [-0.39, 0.29) is 17.2 Å². The van der Waals surface area contributed by atoms with Gasteiger partial charge in [-0.15, -0.1) is 0 Å². The van der Waals surface area contributed by atoms with Crippen LogP contribution in [0.15, 0.2) is 18.2 Å². The first-order chi connectivity index (χ1) is 7.72. The first kappa shape index (κ1) is 10.8. The largest absolute Gasteiger partial charge is 0.504 e. The van der Waals surface area contributed by atoms with E-state index < -0.39 is 0 Å². The van der Waals surface area contributed by atoms with Crippen LogP contribution < -0.4 is 10.1 Å². The van der Waals surface area contributed by atoms with E-state index in [1.165, 1.54) is 20.0 Å². The molecule has 0 atom stereocenters. The highest BCUT2D eigenvalue weighted by molar-refractivity contribution is 5.97. The number of phenolic OH excluding ortho intramolecular Hbond substituents is 1. The number of carbonyl (C=O) groups excluding carboxylic acids is 1. The summed E-state index contributed by atoms with van der Waals surface area (Å²) in [6, 6.07) is 4.89. The molecular formula is C12H15NO3. The van der Waals surface area contributed by atoms with Crippen molar-refractivity contribution in [1.29, 1.82) is 0 Å². The van der Waals surface area contributed by atoms with Crippen LogP contribution in [0.5, 0.6) is 11.5 Å². The average Bonchev–Trinajstić information content (AvgIpc) is 3.10. The summed E-state index contributed by atoms with van der Waals surface area (Å²) in [5, 5.41) is 12.6. The molecule has 0 aliphatic heterocycles. The van der Waals surface area contributed by atoms with Crippen LogP contribution in [0, 0.1) is 5.92 Å². The number of nitrogens with one attached hydrogen (secondary N) is 1. The fourth-order valence-corrected chi connectivity index (χ4v) is 1.52. The predicted molar refractivity (Wildman–Crippen MR) is 59.7 cm³/mol. The minimum absolute atomic E-state index is 0.0988. The fraction of sp³-hybridized carbons (Fsp3) is 0.417. The van der Waals surface area contributed by atoms with Crippen LogP contribution in [-0.4, -0.2) is 24.7 Å². The second-order valence-corrected chi connectivity index (χ2v) is 4.01. The van der Waals surface area contributed by atoms with Gasteiger partial charge in [0.05, 0.1) is 12.7 Å².